The molecule has 0 bridgehead atoms. The number of amides is 1. The van der Waals surface area contributed by atoms with Crippen molar-refractivity contribution >= 4 is 5.91 Å². The van der Waals surface area contributed by atoms with Crippen molar-refractivity contribution in [2.24, 2.45) is 11.7 Å². The standard InChI is InChI=1S/C11H15N3O/c1-14-10(15)6-9(7-12)11(14)8-2-4-13-5-3-8/h2-5,9,11H,6-7,12H2,1H3/t9-,11-/m0/s1. The van der Waals surface area contributed by atoms with Gasteiger partial charge in [0, 0.05) is 31.8 Å². The third-order valence-electron chi connectivity index (χ3n) is 3.04. The van der Waals surface area contributed by atoms with E-state index in [4.69, 9.17) is 5.73 Å². The van der Waals surface area contributed by atoms with Crippen molar-refractivity contribution in [2.75, 3.05) is 13.6 Å². The molecule has 15 heavy (non-hydrogen) atoms. The average molecular weight is 205 g/mol. The van der Waals surface area contributed by atoms with E-state index in [1.165, 1.54) is 0 Å². The molecule has 1 aromatic rings. The van der Waals surface area contributed by atoms with Crippen LogP contribution in [0, 0.1) is 5.92 Å². The largest absolute Gasteiger partial charge is 0.338 e. The Morgan fingerprint density at radius 2 is 2.20 bits per heavy atom. The van der Waals surface area contributed by atoms with Gasteiger partial charge in [0.05, 0.1) is 6.04 Å². The van der Waals surface area contributed by atoms with Crippen LogP contribution in [-0.4, -0.2) is 29.4 Å². The Morgan fingerprint density at radius 3 is 2.80 bits per heavy atom. The highest BCUT2D eigenvalue weighted by Gasteiger charge is 2.37. The Morgan fingerprint density at radius 1 is 1.53 bits per heavy atom. The van der Waals surface area contributed by atoms with Crippen molar-refractivity contribution in [3.8, 4) is 0 Å². The van der Waals surface area contributed by atoms with Crippen molar-refractivity contribution < 1.29 is 4.79 Å². The number of carbonyl (C=O) groups is 1. The minimum atomic E-state index is 0.116. The van der Waals surface area contributed by atoms with Crippen LogP contribution in [0.25, 0.3) is 0 Å². The minimum absolute atomic E-state index is 0.116. The third-order valence-corrected chi connectivity index (χ3v) is 3.04. The van der Waals surface area contributed by atoms with Gasteiger partial charge in [0.1, 0.15) is 0 Å². The van der Waals surface area contributed by atoms with Gasteiger partial charge in [0.25, 0.3) is 0 Å². The molecule has 2 N–H and O–H groups in total. The number of carbonyl (C=O) groups excluding carboxylic acids is 1. The number of hydrogen-bond acceptors (Lipinski definition) is 3. The highest BCUT2D eigenvalue weighted by atomic mass is 16.2. The van der Waals surface area contributed by atoms with E-state index in [1.54, 1.807) is 17.3 Å². The summed E-state index contributed by atoms with van der Waals surface area (Å²) in [5.74, 6) is 0.400. The quantitative estimate of drug-likeness (QED) is 0.767. The van der Waals surface area contributed by atoms with Gasteiger partial charge in [-0.1, -0.05) is 0 Å². The number of nitrogens with zero attached hydrogens (tertiary/aromatic N) is 2. The molecule has 0 spiro atoms. The molecule has 0 aromatic carbocycles. The molecular formula is C11H15N3O. The number of pyridine rings is 1. The van der Waals surface area contributed by atoms with Gasteiger partial charge in [-0.2, -0.15) is 0 Å². The summed E-state index contributed by atoms with van der Waals surface area (Å²) in [6.07, 6.45) is 4.05. The van der Waals surface area contributed by atoms with E-state index in [1.807, 2.05) is 19.2 Å². The highest BCUT2D eigenvalue weighted by Crippen LogP contribution is 2.35. The molecule has 1 aliphatic rings. The average Bonchev–Trinajstić information content (AvgIpc) is 2.56. The van der Waals surface area contributed by atoms with Crippen molar-refractivity contribution in [2.45, 2.75) is 12.5 Å². The number of rotatable bonds is 2. The zero-order valence-corrected chi connectivity index (χ0v) is 8.76. The first-order valence-corrected chi connectivity index (χ1v) is 5.09. The van der Waals surface area contributed by atoms with Gasteiger partial charge in [-0.15, -0.1) is 0 Å². The predicted octanol–water partition coefficient (Wildman–Crippen LogP) is 0.560. The van der Waals surface area contributed by atoms with Gasteiger partial charge < -0.3 is 10.6 Å². The van der Waals surface area contributed by atoms with E-state index >= 15 is 0 Å². The first-order chi connectivity index (χ1) is 7.24. The molecule has 1 aromatic heterocycles. The predicted molar refractivity (Wildman–Crippen MR) is 56.9 cm³/mol. The molecule has 0 radical (unpaired) electrons. The molecule has 1 amide bonds. The maximum atomic E-state index is 11.6. The van der Waals surface area contributed by atoms with Crippen LogP contribution < -0.4 is 5.73 Å². The normalized spacial score (nSPS) is 26.0. The van der Waals surface area contributed by atoms with Gasteiger partial charge in [-0.25, -0.2) is 0 Å². The Kier molecular flexibility index (Phi) is 2.68. The summed E-state index contributed by atoms with van der Waals surface area (Å²) in [6, 6.07) is 4.01. The van der Waals surface area contributed by atoms with Gasteiger partial charge in [-0.3, -0.25) is 9.78 Å². The van der Waals surface area contributed by atoms with E-state index < -0.39 is 0 Å². The van der Waals surface area contributed by atoms with Gasteiger partial charge in [0.15, 0.2) is 0 Å². The molecule has 2 atom stereocenters. The van der Waals surface area contributed by atoms with E-state index in [-0.39, 0.29) is 17.9 Å². The van der Waals surface area contributed by atoms with Crippen LogP contribution in [0.1, 0.15) is 18.0 Å². The fraction of sp³-hybridized carbons (Fsp3) is 0.455. The topological polar surface area (TPSA) is 59.2 Å². The SMILES string of the molecule is CN1C(=O)C[C@@H](CN)[C@@H]1c1ccncc1. The Hall–Kier alpha value is -1.42. The summed E-state index contributed by atoms with van der Waals surface area (Å²) >= 11 is 0. The fourth-order valence-corrected chi connectivity index (χ4v) is 2.22. The molecule has 4 heteroatoms. The smallest absolute Gasteiger partial charge is 0.223 e. The maximum Gasteiger partial charge on any atom is 0.223 e. The second-order valence-corrected chi connectivity index (χ2v) is 3.93. The van der Waals surface area contributed by atoms with Crippen LogP contribution in [0.15, 0.2) is 24.5 Å². The maximum absolute atomic E-state index is 11.6. The lowest BCUT2D eigenvalue weighted by Gasteiger charge is -2.24. The molecule has 0 unspecified atom stereocenters. The zero-order valence-electron chi connectivity index (χ0n) is 8.76. The molecule has 0 saturated carbocycles. The van der Waals surface area contributed by atoms with E-state index in [2.05, 4.69) is 4.98 Å². The van der Waals surface area contributed by atoms with Crippen molar-refractivity contribution in [3.63, 3.8) is 0 Å². The van der Waals surface area contributed by atoms with E-state index in [9.17, 15) is 4.79 Å². The summed E-state index contributed by atoms with van der Waals surface area (Å²) in [6.45, 7) is 0.545. The second kappa shape index (κ2) is 3.98. The fourth-order valence-electron chi connectivity index (χ4n) is 2.22. The van der Waals surface area contributed by atoms with Crippen LogP contribution >= 0.6 is 0 Å². The number of hydrogen-bond donors (Lipinski definition) is 1. The summed E-state index contributed by atoms with van der Waals surface area (Å²) in [5, 5.41) is 0. The number of likely N-dealkylation sites (tertiary alicyclic amines) is 1. The lowest BCUT2D eigenvalue weighted by molar-refractivity contribution is -0.127. The van der Waals surface area contributed by atoms with Crippen LogP contribution in [0.5, 0.6) is 0 Å². The van der Waals surface area contributed by atoms with Crippen LogP contribution in [0.4, 0.5) is 0 Å². The Balaban J connectivity index is 2.30. The molecule has 1 fully saturated rings. The first-order valence-electron chi connectivity index (χ1n) is 5.09. The first kappa shape index (κ1) is 10.1. The van der Waals surface area contributed by atoms with Crippen LogP contribution in [0.3, 0.4) is 0 Å². The van der Waals surface area contributed by atoms with Crippen molar-refractivity contribution in [1.82, 2.24) is 9.88 Å². The van der Waals surface area contributed by atoms with Crippen LogP contribution in [-0.2, 0) is 4.79 Å². The van der Waals surface area contributed by atoms with Crippen LogP contribution in [0.2, 0.25) is 0 Å². The zero-order chi connectivity index (χ0) is 10.8. The van der Waals surface area contributed by atoms with E-state index in [0.717, 1.165) is 5.56 Å². The molecule has 2 rings (SSSR count). The molecule has 1 saturated heterocycles. The van der Waals surface area contributed by atoms with Gasteiger partial charge >= 0.3 is 0 Å². The highest BCUT2D eigenvalue weighted by molar-refractivity contribution is 5.79. The van der Waals surface area contributed by atoms with Gasteiger partial charge in [0.2, 0.25) is 5.91 Å². The molecule has 2 heterocycles. The van der Waals surface area contributed by atoms with Crippen molar-refractivity contribution in [3.05, 3.63) is 30.1 Å². The molecule has 0 aliphatic carbocycles. The number of aromatic nitrogens is 1. The summed E-state index contributed by atoms with van der Waals surface area (Å²) in [7, 11) is 1.84. The molecule has 80 valence electrons. The lowest BCUT2D eigenvalue weighted by atomic mass is 9.95. The number of nitrogens with two attached hydrogens (primary N) is 1. The molecule has 4 nitrogen and oxygen atoms in total. The molecule has 1 aliphatic heterocycles. The minimum Gasteiger partial charge on any atom is -0.338 e. The Labute approximate surface area is 89.1 Å². The van der Waals surface area contributed by atoms with Gasteiger partial charge in [-0.05, 0) is 24.2 Å². The second-order valence-electron chi connectivity index (χ2n) is 3.93. The summed E-state index contributed by atoms with van der Waals surface area (Å²) in [4.78, 5) is 17.3. The summed E-state index contributed by atoms with van der Waals surface area (Å²) in [5.41, 5.74) is 6.81. The Bertz CT molecular complexity index is 352. The van der Waals surface area contributed by atoms with Crippen molar-refractivity contribution in [1.29, 1.82) is 0 Å². The summed E-state index contributed by atoms with van der Waals surface area (Å²) < 4.78 is 0. The monoisotopic (exact) mass is 205 g/mol. The lowest BCUT2D eigenvalue weighted by Crippen LogP contribution is -2.26. The third kappa shape index (κ3) is 1.72. The molecular weight excluding hydrogens is 190 g/mol. The van der Waals surface area contributed by atoms with E-state index in [0.29, 0.717) is 13.0 Å².